The molecule has 3 nitrogen and oxygen atoms in total. The van der Waals surface area contributed by atoms with Gasteiger partial charge in [0.1, 0.15) is 13.0 Å². The molecule has 4 heteroatoms. The topological polar surface area (TPSA) is 63.3 Å². The molecule has 0 saturated carbocycles. The standard InChI is InChI=1S/C8H9BNO2/c1-9-6-2-5(4-11)8(12)7(10)3-6/h2-4,12H,10H2,1H3. The molecule has 0 unspecified atom stereocenters. The molecular weight excluding hydrogens is 153 g/mol. The fourth-order valence-electron chi connectivity index (χ4n) is 0.961. The van der Waals surface area contributed by atoms with E-state index in [2.05, 4.69) is 0 Å². The zero-order chi connectivity index (χ0) is 9.14. The van der Waals surface area contributed by atoms with E-state index in [1.807, 2.05) is 14.1 Å². The molecule has 3 N–H and O–H groups in total. The number of hydrogen-bond acceptors (Lipinski definition) is 3. The summed E-state index contributed by atoms with van der Waals surface area (Å²) < 4.78 is 0. The quantitative estimate of drug-likeness (QED) is 0.282. The minimum Gasteiger partial charge on any atom is -0.505 e. The van der Waals surface area contributed by atoms with Crippen molar-refractivity contribution in [3.05, 3.63) is 17.7 Å². The highest BCUT2D eigenvalue weighted by molar-refractivity contribution is 6.52. The maximum absolute atomic E-state index is 10.4. The lowest BCUT2D eigenvalue weighted by Crippen LogP contribution is -2.12. The molecule has 0 aliphatic heterocycles. The molecule has 0 bridgehead atoms. The van der Waals surface area contributed by atoms with Crippen molar-refractivity contribution in [2.45, 2.75) is 6.82 Å². The number of aromatic hydroxyl groups is 1. The van der Waals surface area contributed by atoms with Gasteiger partial charge in [-0.2, -0.15) is 0 Å². The van der Waals surface area contributed by atoms with Crippen LogP contribution in [0, 0.1) is 0 Å². The van der Waals surface area contributed by atoms with Gasteiger partial charge in [0, 0.05) is 0 Å². The Morgan fingerprint density at radius 3 is 2.75 bits per heavy atom. The second-order valence-corrected chi connectivity index (χ2v) is 2.45. The van der Waals surface area contributed by atoms with Gasteiger partial charge in [0.2, 0.25) is 0 Å². The largest absolute Gasteiger partial charge is 0.505 e. The van der Waals surface area contributed by atoms with Gasteiger partial charge in [-0.25, -0.2) is 0 Å². The van der Waals surface area contributed by atoms with E-state index in [4.69, 9.17) is 5.73 Å². The number of phenolic OH excluding ortho intramolecular Hbond substituents is 1. The van der Waals surface area contributed by atoms with Gasteiger partial charge in [0.05, 0.1) is 11.3 Å². The molecule has 1 rings (SSSR count). The first-order chi connectivity index (χ1) is 5.69. The Balaban J connectivity index is 3.28. The summed E-state index contributed by atoms with van der Waals surface area (Å²) in [6, 6.07) is 3.20. The van der Waals surface area contributed by atoms with Crippen molar-refractivity contribution in [1.82, 2.24) is 0 Å². The number of carbonyl (C=O) groups is 1. The first kappa shape index (κ1) is 8.65. The second kappa shape index (κ2) is 3.30. The van der Waals surface area contributed by atoms with Gasteiger partial charge in [-0.05, 0) is 6.07 Å². The predicted octanol–water partition coefficient (Wildman–Crippen LogP) is 0.165. The van der Waals surface area contributed by atoms with Crippen molar-refractivity contribution in [2.75, 3.05) is 5.73 Å². The van der Waals surface area contributed by atoms with Crippen molar-refractivity contribution in [1.29, 1.82) is 0 Å². The van der Waals surface area contributed by atoms with Crippen molar-refractivity contribution < 1.29 is 9.90 Å². The van der Waals surface area contributed by atoms with Crippen LogP contribution in [0.5, 0.6) is 5.75 Å². The fourth-order valence-corrected chi connectivity index (χ4v) is 0.961. The first-order valence-electron chi connectivity index (χ1n) is 3.56. The van der Waals surface area contributed by atoms with Crippen LogP contribution in [0.4, 0.5) is 5.69 Å². The van der Waals surface area contributed by atoms with Gasteiger partial charge in [0.25, 0.3) is 0 Å². The summed E-state index contributed by atoms with van der Waals surface area (Å²) in [5, 5.41) is 9.25. The van der Waals surface area contributed by atoms with Crippen LogP contribution in [0.15, 0.2) is 12.1 Å². The molecule has 0 atom stereocenters. The summed E-state index contributed by atoms with van der Waals surface area (Å²) in [4.78, 5) is 10.4. The fraction of sp³-hybridized carbons (Fsp3) is 0.125. The third kappa shape index (κ3) is 1.42. The Morgan fingerprint density at radius 1 is 1.58 bits per heavy atom. The summed E-state index contributed by atoms with van der Waals surface area (Å²) in [6.45, 7) is 1.83. The van der Waals surface area contributed by atoms with Gasteiger partial charge in [-0.3, -0.25) is 4.79 Å². The monoisotopic (exact) mass is 162 g/mol. The third-order valence-corrected chi connectivity index (χ3v) is 1.65. The average molecular weight is 162 g/mol. The van der Waals surface area contributed by atoms with Crippen LogP contribution in [0.1, 0.15) is 10.4 Å². The van der Waals surface area contributed by atoms with E-state index in [-0.39, 0.29) is 17.0 Å². The molecule has 12 heavy (non-hydrogen) atoms. The van der Waals surface area contributed by atoms with Gasteiger partial charge < -0.3 is 10.8 Å². The molecule has 0 fully saturated rings. The van der Waals surface area contributed by atoms with E-state index >= 15 is 0 Å². The van der Waals surface area contributed by atoms with E-state index in [9.17, 15) is 9.90 Å². The second-order valence-electron chi connectivity index (χ2n) is 2.45. The Hall–Kier alpha value is -1.45. The normalized spacial score (nSPS) is 9.42. The third-order valence-electron chi connectivity index (χ3n) is 1.65. The summed E-state index contributed by atoms with van der Waals surface area (Å²) in [6.07, 6.45) is 0.582. The summed E-state index contributed by atoms with van der Waals surface area (Å²) in [5.74, 6) is -0.143. The van der Waals surface area contributed by atoms with Gasteiger partial charge >= 0.3 is 0 Å². The molecule has 0 saturated heterocycles. The molecule has 0 spiro atoms. The van der Waals surface area contributed by atoms with Crippen LogP contribution in [-0.4, -0.2) is 18.7 Å². The maximum atomic E-state index is 10.4. The number of nitrogens with two attached hydrogens (primary N) is 1. The average Bonchev–Trinajstić information content (AvgIpc) is 2.09. The van der Waals surface area contributed by atoms with Crippen molar-refractivity contribution >= 4 is 24.7 Å². The Morgan fingerprint density at radius 2 is 2.25 bits per heavy atom. The van der Waals surface area contributed by atoms with Crippen LogP contribution in [0.2, 0.25) is 6.82 Å². The highest BCUT2D eigenvalue weighted by Gasteiger charge is 2.05. The molecule has 0 aliphatic carbocycles. The number of aldehydes is 1. The minimum atomic E-state index is -0.143. The number of nitrogen functional groups attached to an aromatic ring is 1. The number of carbonyl (C=O) groups excluding carboxylic acids is 1. The summed E-state index contributed by atoms with van der Waals surface area (Å²) in [7, 11) is 1.81. The molecule has 1 aromatic rings. The van der Waals surface area contributed by atoms with Crippen LogP contribution < -0.4 is 11.2 Å². The van der Waals surface area contributed by atoms with Crippen LogP contribution in [-0.2, 0) is 0 Å². The predicted molar refractivity (Wildman–Crippen MR) is 49.2 cm³/mol. The highest BCUT2D eigenvalue weighted by Crippen LogP contribution is 2.21. The molecular formula is C8H9BNO2. The number of rotatable bonds is 2. The molecule has 0 heterocycles. The van der Waals surface area contributed by atoms with E-state index in [0.717, 1.165) is 5.46 Å². The Bertz CT molecular complexity index is 312. The smallest absolute Gasteiger partial charge is 0.153 e. The lowest BCUT2D eigenvalue weighted by atomic mass is 9.72. The molecule has 0 amide bonds. The summed E-state index contributed by atoms with van der Waals surface area (Å²) >= 11 is 0. The highest BCUT2D eigenvalue weighted by atomic mass is 16.3. The van der Waals surface area contributed by atoms with Crippen LogP contribution >= 0.6 is 0 Å². The van der Waals surface area contributed by atoms with Crippen molar-refractivity contribution in [3.63, 3.8) is 0 Å². The first-order valence-corrected chi connectivity index (χ1v) is 3.56. The van der Waals surface area contributed by atoms with Gasteiger partial charge in [0.15, 0.2) is 6.29 Å². The number of benzene rings is 1. The van der Waals surface area contributed by atoms with E-state index in [1.54, 1.807) is 12.1 Å². The van der Waals surface area contributed by atoms with E-state index in [0.29, 0.717) is 6.29 Å². The molecule has 1 aromatic carbocycles. The number of hydrogen-bond donors (Lipinski definition) is 2. The SMILES string of the molecule is C[B]c1cc(N)c(O)c(C=O)c1. The lowest BCUT2D eigenvalue weighted by molar-refractivity contribution is 0.112. The zero-order valence-corrected chi connectivity index (χ0v) is 6.74. The van der Waals surface area contributed by atoms with Crippen LogP contribution in [0.3, 0.4) is 0 Å². The maximum Gasteiger partial charge on any atom is 0.153 e. The van der Waals surface area contributed by atoms with E-state index < -0.39 is 0 Å². The van der Waals surface area contributed by atoms with E-state index in [1.165, 1.54) is 0 Å². The van der Waals surface area contributed by atoms with Gasteiger partial charge in [-0.15, -0.1) is 0 Å². The number of anilines is 1. The van der Waals surface area contributed by atoms with Gasteiger partial charge in [-0.1, -0.05) is 18.4 Å². The molecule has 61 valence electrons. The molecule has 0 aromatic heterocycles. The van der Waals surface area contributed by atoms with Crippen molar-refractivity contribution in [2.24, 2.45) is 0 Å². The van der Waals surface area contributed by atoms with Crippen molar-refractivity contribution in [3.8, 4) is 5.75 Å². The molecule has 0 aliphatic rings. The zero-order valence-electron chi connectivity index (χ0n) is 6.74. The summed E-state index contributed by atoms with van der Waals surface area (Å²) in [5.41, 5.74) is 6.72. The lowest BCUT2D eigenvalue weighted by Gasteiger charge is -2.04. The Kier molecular flexibility index (Phi) is 2.38. The Labute approximate surface area is 71.4 Å². The minimum absolute atomic E-state index is 0.143. The van der Waals surface area contributed by atoms with Crippen LogP contribution in [0.25, 0.3) is 0 Å². The number of phenols is 1. The molecule has 1 radical (unpaired) electrons.